The fourth-order valence-electron chi connectivity index (χ4n) is 1.75. The van der Waals surface area contributed by atoms with Crippen molar-refractivity contribution in [2.45, 2.75) is 11.1 Å². The molecule has 4 nitrogen and oxygen atoms in total. The van der Waals surface area contributed by atoms with Crippen molar-refractivity contribution in [1.82, 2.24) is 0 Å². The number of benzene rings is 2. The third-order valence-electron chi connectivity index (χ3n) is 2.76. The zero-order valence-corrected chi connectivity index (χ0v) is 12.9. The maximum atomic E-state index is 13.6. The van der Waals surface area contributed by atoms with Crippen molar-refractivity contribution < 1.29 is 39.5 Å². The summed E-state index contributed by atoms with van der Waals surface area (Å²) in [6.07, 6.45) is -4.72. The molecule has 2 aromatic carbocycles. The Morgan fingerprint density at radius 1 is 0.960 bits per heavy atom. The molecule has 0 bridgehead atoms. The minimum Gasteiger partial charge on any atom is -0.482 e. The molecule has 1 N–H and O–H groups in total. The summed E-state index contributed by atoms with van der Waals surface area (Å²) in [5.74, 6) is -3.99. The predicted octanol–water partition coefficient (Wildman–Crippen LogP) is 3.85. The number of anilines is 1. The summed E-state index contributed by atoms with van der Waals surface area (Å²) in [5, 5.41) is 0. The van der Waals surface area contributed by atoms with Crippen LogP contribution in [0.2, 0.25) is 0 Å². The van der Waals surface area contributed by atoms with Gasteiger partial charge in [-0.1, -0.05) is 0 Å². The second-order valence-electron chi connectivity index (χ2n) is 4.72. The second-order valence-corrected chi connectivity index (χ2v) is 6.38. The number of halogens is 6. The van der Waals surface area contributed by atoms with Crippen LogP contribution in [-0.2, 0) is 10.0 Å². The van der Waals surface area contributed by atoms with Crippen molar-refractivity contribution in [2.24, 2.45) is 0 Å². The molecule has 0 aliphatic carbocycles. The third-order valence-corrected chi connectivity index (χ3v) is 4.14. The zero-order valence-electron chi connectivity index (χ0n) is 12.1. The average Bonchev–Trinajstić information content (AvgIpc) is 2.47. The van der Waals surface area contributed by atoms with E-state index in [4.69, 9.17) is 0 Å². The molecule has 0 saturated carbocycles. The molecule has 0 heterocycles. The Morgan fingerprint density at radius 2 is 1.56 bits per heavy atom. The average molecular weight is 385 g/mol. The molecule has 136 valence electrons. The fourth-order valence-corrected chi connectivity index (χ4v) is 2.90. The molecule has 0 unspecified atom stereocenters. The van der Waals surface area contributed by atoms with Crippen LogP contribution in [0.3, 0.4) is 0 Å². The van der Waals surface area contributed by atoms with Crippen LogP contribution in [0.4, 0.5) is 32.0 Å². The van der Waals surface area contributed by atoms with E-state index in [0.717, 1.165) is 12.1 Å². The first kappa shape index (κ1) is 18.9. The topological polar surface area (TPSA) is 55.4 Å². The quantitative estimate of drug-likeness (QED) is 0.796. The Hall–Kier alpha value is -2.43. The van der Waals surface area contributed by atoms with E-state index in [0.29, 0.717) is 24.3 Å². The van der Waals surface area contributed by atoms with Crippen LogP contribution in [0.25, 0.3) is 0 Å². The lowest BCUT2D eigenvalue weighted by Crippen LogP contribution is -2.21. The summed E-state index contributed by atoms with van der Waals surface area (Å²) in [6.45, 7) is -1.76. The number of nitrogens with one attached hydrogen (secondary N) is 1. The van der Waals surface area contributed by atoms with Gasteiger partial charge in [-0.15, -0.1) is 0 Å². The van der Waals surface area contributed by atoms with Crippen molar-refractivity contribution in [3.05, 3.63) is 53.8 Å². The first-order chi connectivity index (χ1) is 11.5. The number of hydrogen-bond donors (Lipinski definition) is 1. The first-order valence-electron chi connectivity index (χ1n) is 6.45. The van der Waals surface area contributed by atoms with E-state index in [9.17, 15) is 34.8 Å². The van der Waals surface area contributed by atoms with Crippen molar-refractivity contribution in [3.63, 3.8) is 0 Å². The number of sulfonamides is 1. The first-order valence-corrected chi connectivity index (χ1v) is 7.93. The lowest BCUT2D eigenvalue weighted by molar-refractivity contribution is -0.153. The molecule has 2 aromatic rings. The van der Waals surface area contributed by atoms with Gasteiger partial charge in [-0.3, -0.25) is 4.72 Å². The highest BCUT2D eigenvalue weighted by Crippen LogP contribution is 2.30. The van der Waals surface area contributed by atoms with Crippen LogP contribution >= 0.6 is 0 Å². The van der Waals surface area contributed by atoms with Crippen LogP contribution in [0.15, 0.2) is 41.3 Å². The van der Waals surface area contributed by atoms with E-state index in [1.54, 1.807) is 4.72 Å². The van der Waals surface area contributed by atoms with Gasteiger partial charge in [0.2, 0.25) is 0 Å². The van der Waals surface area contributed by atoms with Crippen molar-refractivity contribution in [2.75, 3.05) is 11.3 Å². The summed E-state index contributed by atoms with van der Waals surface area (Å²) in [4.78, 5) is -1.10. The molecule has 0 aliphatic rings. The van der Waals surface area contributed by atoms with Gasteiger partial charge in [0.25, 0.3) is 10.0 Å². The Morgan fingerprint density at radius 3 is 2.20 bits per heavy atom. The number of alkyl halides is 3. The van der Waals surface area contributed by atoms with E-state index in [2.05, 4.69) is 4.74 Å². The predicted molar refractivity (Wildman–Crippen MR) is 75.1 cm³/mol. The normalized spacial score (nSPS) is 12.1. The summed E-state index contributed by atoms with van der Waals surface area (Å²) in [7, 11) is -4.75. The molecule has 0 aromatic heterocycles. The lowest BCUT2D eigenvalue weighted by Gasteiger charge is -2.15. The third kappa shape index (κ3) is 5.02. The van der Waals surface area contributed by atoms with Crippen LogP contribution in [0.1, 0.15) is 0 Å². The van der Waals surface area contributed by atoms with E-state index in [-0.39, 0.29) is 0 Å². The van der Waals surface area contributed by atoms with Gasteiger partial charge in [-0.05, 0) is 30.3 Å². The molecule has 0 saturated heterocycles. The van der Waals surface area contributed by atoms with Gasteiger partial charge < -0.3 is 4.74 Å². The van der Waals surface area contributed by atoms with E-state index in [1.807, 2.05) is 0 Å². The van der Waals surface area contributed by atoms with Crippen LogP contribution < -0.4 is 9.46 Å². The smallest absolute Gasteiger partial charge is 0.422 e. The molecule has 0 spiro atoms. The molecule has 0 amide bonds. The lowest BCUT2D eigenvalue weighted by atomic mass is 10.3. The molecule has 11 heteroatoms. The number of hydrogen-bond acceptors (Lipinski definition) is 3. The zero-order chi connectivity index (χ0) is 18.8. The maximum absolute atomic E-state index is 13.6. The Bertz CT molecular complexity index is 883. The van der Waals surface area contributed by atoms with Crippen LogP contribution in [0.5, 0.6) is 5.75 Å². The molecule has 25 heavy (non-hydrogen) atoms. The number of rotatable bonds is 5. The van der Waals surface area contributed by atoms with Crippen molar-refractivity contribution in [1.29, 1.82) is 0 Å². The molecular formula is C14H9F6NO3S. The highest BCUT2D eigenvalue weighted by molar-refractivity contribution is 7.92. The van der Waals surface area contributed by atoms with Gasteiger partial charge in [0.05, 0.1) is 5.69 Å². The molecule has 0 fully saturated rings. The summed E-state index contributed by atoms with van der Waals surface area (Å²) >= 11 is 0. The second kappa shape index (κ2) is 6.82. The summed E-state index contributed by atoms with van der Waals surface area (Å²) < 4.78 is 107. The van der Waals surface area contributed by atoms with Crippen LogP contribution in [0, 0.1) is 17.5 Å². The van der Waals surface area contributed by atoms with Gasteiger partial charge in [0, 0.05) is 6.07 Å². The van der Waals surface area contributed by atoms with E-state index >= 15 is 0 Å². The summed E-state index contributed by atoms with van der Waals surface area (Å²) in [6, 6.07) is 3.64. The van der Waals surface area contributed by atoms with Gasteiger partial charge in [-0.2, -0.15) is 13.2 Å². The van der Waals surface area contributed by atoms with Crippen molar-refractivity contribution >= 4 is 15.7 Å². The van der Waals surface area contributed by atoms with Gasteiger partial charge in [0.15, 0.2) is 6.61 Å². The standard InChI is InChI=1S/C14H9F6NO3S/c15-8-2-4-12(24-7-14(18,19)20)11(5-8)21-25(22,23)13-6-9(16)1-3-10(13)17/h1-6,21H,7H2. The van der Waals surface area contributed by atoms with E-state index < -0.39 is 56.6 Å². The Labute approximate surface area is 138 Å². The monoisotopic (exact) mass is 385 g/mol. The molecular weight excluding hydrogens is 376 g/mol. The van der Waals surface area contributed by atoms with Gasteiger partial charge >= 0.3 is 6.18 Å². The number of ether oxygens (including phenoxy) is 1. The fraction of sp³-hybridized carbons (Fsp3) is 0.143. The van der Waals surface area contributed by atoms with E-state index in [1.165, 1.54) is 0 Å². The minimum absolute atomic E-state index is 0.368. The largest absolute Gasteiger partial charge is 0.482 e. The van der Waals surface area contributed by atoms with Crippen molar-refractivity contribution in [3.8, 4) is 5.75 Å². The molecule has 0 radical (unpaired) electrons. The minimum atomic E-state index is -4.75. The Kier molecular flexibility index (Phi) is 5.16. The summed E-state index contributed by atoms with van der Waals surface area (Å²) in [5.41, 5.74) is -0.701. The van der Waals surface area contributed by atoms with Gasteiger partial charge in [-0.25, -0.2) is 21.6 Å². The maximum Gasteiger partial charge on any atom is 0.422 e. The van der Waals surface area contributed by atoms with Gasteiger partial charge in [0.1, 0.15) is 28.1 Å². The Balaban J connectivity index is 2.38. The van der Waals surface area contributed by atoms with Crippen LogP contribution in [-0.4, -0.2) is 21.2 Å². The highest BCUT2D eigenvalue weighted by atomic mass is 32.2. The molecule has 2 rings (SSSR count). The molecule has 0 atom stereocenters. The highest BCUT2D eigenvalue weighted by Gasteiger charge is 2.29. The SMILES string of the molecule is O=S(=O)(Nc1cc(F)ccc1OCC(F)(F)F)c1cc(F)ccc1F. The molecule has 0 aliphatic heterocycles.